The minimum Gasteiger partial charge on any atom is -0.394 e. The van der Waals surface area contributed by atoms with Crippen LogP contribution in [0.1, 0.15) is 399 Å². The van der Waals surface area contributed by atoms with Crippen LogP contribution in [0.4, 0.5) is 0 Å². The van der Waals surface area contributed by atoms with Crippen LogP contribution in [-0.2, 0) is 4.79 Å². The zero-order valence-corrected chi connectivity index (χ0v) is 49.6. The minimum atomic E-state index is -1.07. The van der Waals surface area contributed by atoms with E-state index in [1.807, 2.05) is 0 Å². The van der Waals surface area contributed by atoms with Gasteiger partial charge in [-0.15, -0.1) is 0 Å². The molecular formula is C67H135NO4. The largest absolute Gasteiger partial charge is 0.394 e. The highest BCUT2D eigenvalue weighted by Crippen LogP contribution is 2.20. The normalized spacial score (nSPS) is 13.0. The molecule has 0 rings (SSSR count). The Hall–Kier alpha value is -0.650. The Morgan fingerprint density at radius 3 is 0.625 bits per heavy atom. The molecule has 0 saturated heterocycles. The lowest BCUT2D eigenvalue weighted by atomic mass is 10.0. The van der Waals surface area contributed by atoms with Crippen LogP contribution >= 0.6 is 0 Å². The Morgan fingerprint density at radius 2 is 0.444 bits per heavy atom. The van der Waals surface area contributed by atoms with E-state index in [1.165, 1.54) is 340 Å². The smallest absolute Gasteiger partial charge is 0.249 e. The first-order valence-corrected chi connectivity index (χ1v) is 33.8. The van der Waals surface area contributed by atoms with E-state index in [4.69, 9.17) is 0 Å². The number of amides is 1. The zero-order chi connectivity index (χ0) is 52.2. The monoisotopic (exact) mass is 1020 g/mol. The first-order valence-electron chi connectivity index (χ1n) is 33.8. The summed E-state index contributed by atoms with van der Waals surface area (Å²) in [5, 5.41) is 33.7. The maximum Gasteiger partial charge on any atom is 0.249 e. The van der Waals surface area contributed by atoms with Crippen molar-refractivity contribution < 1.29 is 20.1 Å². The van der Waals surface area contributed by atoms with Gasteiger partial charge in [-0.25, -0.2) is 0 Å². The van der Waals surface area contributed by atoms with Gasteiger partial charge in [0.2, 0.25) is 5.91 Å². The molecule has 0 fully saturated rings. The number of hydrogen-bond acceptors (Lipinski definition) is 4. The van der Waals surface area contributed by atoms with Gasteiger partial charge in [-0.3, -0.25) is 4.79 Å². The third-order valence-electron chi connectivity index (χ3n) is 16.5. The SMILES string of the molecule is CCCCCCCCCCCCCCCCCCCCCCCCCCCCCCCCCCCCC(O)C(=O)NC(CO)C(O)CCCCCCCCCCCCCCCCCCCCCCCCCC. The van der Waals surface area contributed by atoms with Gasteiger partial charge in [0.1, 0.15) is 6.10 Å². The highest BCUT2D eigenvalue weighted by Gasteiger charge is 2.23. The fourth-order valence-electron chi connectivity index (χ4n) is 11.3. The van der Waals surface area contributed by atoms with Crippen molar-refractivity contribution >= 4 is 5.91 Å². The van der Waals surface area contributed by atoms with Gasteiger partial charge < -0.3 is 20.6 Å². The predicted octanol–water partition coefficient (Wildman–Crippen LogP) is 21.6. The van der Waals surface area contributed by atoms with Crippen LogP contribution in [0.25, 0.3) is 0 Å². The Kier molecular flexibility index (Phi) is 62.3. The fraction of sp³-hybridized carbons (Fsp3) is 0.985. The Labute approximate surface area is 453 Å². The van der Waals surface area contributed by atoms with E-state index in [-0.39, 0.29) is 6.61 Å². The summed E-state index contributed by atoms with van der Waals surface area (Å²) in [6.45, 7) is 4.29. The van der Waals surface area contributed by atoms with Gasteiger partial charge in [0.05, 0.1) is 18.8 Å². The lowest BCUT2D eigenvalue weighted by Crippen LogP contribution is -2.49. The van der Waals surface area contributed by atoms with Gasteiger partial charge in [-0.1, -0.05) is 386 Å². The van der Waals surface area contributed by atoms with Crippen LogP contribution in [0, 0.1) is 0 Å². The number of rotatable bonds is 64. The van der Waals surface area contributed by atoms with Gasteiger partial charge in [0.25, 0.3) is 0 Å². The number of aliphatic hydroxyl groups is 3. The van der Waals surface area contributed by atoms with Gasteiger partial charge in [0, 0.05) is 0 Å². The van der Waals surface area contributed by atoms with Crippen molar-refractivity contribution in [1.29, 1.82) is 0 Å². The second-order valence-corrected chi connectivity index (χ2v) is 23.8. The van der Waals surface area contributed by atoms with Crippen molar-refractivity contribution in [2.75, 3.05) is 6.61 Å². The van der Waals surface area contributed by atoms with Crippen LogP contribution in [0.5, 0.6) is 0 Å². The standard InChI is InChI=1S/C67H135NO4/c1-3-5-7-9-11-13-15-17-19-21-23-25-27-29-30-31-32-33-34-35-36-37-38-40-42-44-46-48-50-52-54-56-58-60-62-66(71)67(72)68-64(63-69)65(70)61-59-57-55-53-51-49-47-45-43-41-39-28-26-24-22-20-18-16-14-12-10-8-6-4-2/h64-66,69-71H,3-63H2,1-2H3,(H,68,72). The fourth-order valence-corrected chi connectivity index (χ4v) is 11.3. The molecule has 1 amide bonds. The van der Waals surface area contributed by atoms with Crippen molar-refractivity contribution in [2.24, 2.45) is 0 Å². The third-order valence-corrected chi connectivity index (χ3v) is 16.5. The van der Waals surface area contributed by atoms with Crippen molar-refractivity contribution in [3.05, 3.63) is 0 Å². The summed E-state index contributed by atoms with van der Waals surface area (Å²) in [6.07, 6.45) is 79.2. The number of aliphatic hydroxyl groups excluding tert-OH is 3. The maximum atomic E-state index is 12.6. The molecule has 0 aliphatic carbocycles. The van der Waals surface area contributed by atoms with Gasteiger partial charge in [-0.2, -0.15) is 0 Å². The van der Waals surface area contributed by atoms with Crippen LogP contribution in [-0.4, -0.2) is 46.1 Å². The number of nitrogens with one attached hydrogen (secondary N) is 1. The average Bonchev–Trinajstić information content (AvgIpc) is 3.39. The van der Waals surface area contributed by atoms with Gasteiger partial charge in [-0.05, 0) is 12.8 Å². The molecule has 0 bridgehead atoms. The number of hydrogen-bond donors (Lipinski definition) is 4. The summed E-state index contributed by atoms with van der Waals surface area (Å²) >= 11 is 0. The second kappa shape index (κ2) is 62.9. The van der Waals surface area contributed by atoms with E-state index in [2.05, 4.69) is 19.2 Å². The molecule has 0 heterocycles. The number of carbonyl (C=O) groups excluding carboxylic acids is 1. The highest BCUT2D eigenvalue weighted by molar-refractivity contribution is 5.80. The lowest BCUT2D eigenvalue weighted by Gasteiger charge is -2.23. The molecular weight excluding hydrogens is 883 g/mol. The van der Waals surface area contributed by atoms with Crippen LogP contribution in [0.15, 0.2) is 0 Å². The third kappa shape index (κ3) is 57.1. The van der Waals surface area contributed by atoms with Gasteiger partial charge in [0.15, 0.2) is 0 Å². The molecule has 4 N–H and O–H groups in total. The number of unbranched alkanes of at least 4 members (excludes halogenated alkanes) is 56. The molecule has 72 heavy (non-hydrogen) atoms. The molecule has 0 aromatic carbocycles. The van der Waals surface area contributed by atoms with Crippen LogP contribution in [0.3, 0.4) is 0 Å². The predicted molar refractivity (Wildman–Crippen MR) is 319 cm³/mol. The van der Waals surface area contributed by atoms with Crippen molar-refractivity contribution in [3.8, 4) is 0 Å². The number of carbonyl (C=O) groups is 1. The first kappa shape index (κ1) is 71.3. The minimum absolute atomic E-state index is 0.307. The van der Waals surface area contributed by atoms with E-state index < -0.39 is 24.2 Å². The molecule has 3 atom stereocenters. The molecule has 0 saturated carbocycles. The van der Waals surface area contributed by atoms with E-state index in [0.29, 0.717) is 12.8 Å². The molecule has 0 spiro atoms. The van der Waals surface area contributed by atoms with Crippen LogP contribution < -0.4 is 5.32 Å². The molecule has 5 nitrogen and oxygen atoms in total. The Bertz CT molecular complexity index is 991. The zero-order valence-electron chi connectivity index (χ0n) is 49.6. The molecule has 0 radical (unpaired) electrons. The quantitative estimate of drug-likeness (QED) is 0.0457. The summed E-state index contributed by atoms with van der Waals surface area (Å²) in [5.41, 5.74) is 0. The summed E-state index contributed by atoms with van der Waals surface area (Å²) < 4.78 is 0. The van der Waals surface area contributed by atoms with Crippen molar-refractivity contribution in [1.82, 2.24) is 5.32 Å². The average molecular weight is 1020 g/mol. The van der Waals surface area contributed by atoms with E-state index in [1.54, 1.807) is 0 Å². The molecule has 0 aliphatic rings. The van der Waals surface area contributed by atoms with Crippen LogP contribution in [0.2, 0.25) is 0 Å². The van der Waals surface area contributed by atoms with E-state index >= 15 is 0 Å². The summed E-state index contributed by atoms with van der Waals surface area (Å²) in [4.78, 5) is 12.6. The summed E-state index contributed by atoms with van der Waals surface area (Å²) in [7, 11) is 0. The maximum absolute atomic E-state index is 12.6. The Balaban J connectivity index is 3.43. The van der Waals surface area contributed by atoms with Crippen molar-refractivity contribution in [3.63, 3.8) is 0 Å². The first-order chi connectivity index (χ1) is 35.6. The van der Waals surface area contributed by atoms with Crippen molar-refractivity contribution in [2.45, 2.75) is 417 Å². The summed E-state index contributed by atoms with van der Waals surface area (Å²) in [6, 6.07) is -0.709. The molecule has 0 aliphatic heterocycles. The molecule has 5 heteroatoms. The van der Waals surface area contributed by atoms with Gasteiger partial charge >= 0.3 is 0 Å². The molecule has 3 unspecified atom stereocenters. The highest BCUT2D eigenvalue weighted by atomic mass is 16.3. The lowest BCUT2D eigenvalue weighted by molar-refractivity contribution is -0.131. The topological polar surface area (TPSA) is 89.8 Å². The van der Waals surface area contributed by atoms with E-state index in [9.17, 15) is 20.1 Å². The molecule has 432 valence electrons. The summed E-state index contributed by atoms with van der Waals surface area (Å²) in [5.74, 6) is -0.460. The second-order valence-electron chi connectivity index (χ2n) is 23.8. The molecule has 0 aromatic rings. The van der Waals surface area contributed by atoms with E-state index in [0.717, 1.165) is 32.1 Å². The Morgan fingerprint density at radius 1 is 0.278 bits per heavy atom. The molecule has 0 aromatic heterocycles.